The first kappa shape index (κ1) is 21.7. The Hall–Kier alpha value is -3.52. The molecule has 162 valence electrons. The molecule has 32 heavy (non-hydrogen) atoms. The Kier molecular flexibility index (Phi) is 5.56. The molecular formula is C30H30O2. The van der Waals surface area contributed by atoms with Gasteiger partial charge in [-0.15, -0.1) is 0 Å². The van der Waals surface area contributed by atoms with Crippen molar-refractivity contribution in [1.82, 2.24) is 0 Å². The molecule has 0 aliphatic heterocycles. The normalized spacial score (nSPS) is 12.0. The Morgan fingerprint density at radius 3 is 1.16 bits per heavy atom. The molecule has 2 heteroatoms. The predicted octanol–water partition coefficient (Wildman–Crippen LogP) is 7.42. The van der Waals surface area contributed by atoms with Crippen LogP contribution in [0.15, 0.2) is 97.1 Å². The zero-order valence-electron chi connectivity index (χ0n) is 19.1. The van der Waals surface area contributed by atoms with E-state index in [1.807, 2.05) is 48.5 Å². The molecule has 0 unspecified atom stereocenters. The lowest BCUT2D eigenvalue weighted by Gasteiger charge is -2.28. The zero-order valence-corrected chi connectivity index (χ0v) is 19.1. The number of aromatic hydroxyl groups is 2. The van der Waals surface area contributed by atoms with Crippen molar-refractivity contribution in [2.45, 2.75) is 38.5 Å². The Labute approximate surface area is 190 Å². The number of hydrogen-bond donors (Lipinski definition) is 2. The summed E-state index contributed by atoms with van der Waals surface area (Å²) in [6.07, 6.45) is 0. The molecule has 0 aliphatic rings. The lowest BCUT2D eigenvalue weighted by Crippen LogP contribution is -2.19. The molecule has 2 N–H and O–H groups in total. The summed E-state index contributed by atoms with van der Waals surface area (Å²) >= 11 is 0. The highest BCUT2D eigenvalue weighted by Crippen LogP contribution is 2.42. The molecule has 4 aromatic carbocycles. The van der Waals surface area contributed by atoms with Gasteiger partial charge in [-0.2, -0.15) is 0 Å². The Morgan fingerprint density at radius 1 is 0.469 bits per heavy atom. The number of phenolic OH excluding ortho intramolecular Hbond substituents is 2. The van der Waals surface area contributed by atoms with Crippen molar-refractivity contribution in [1.29, 1.82) is 0 Å². The first-order valence-electron chi connectivity index (χ1n) is 11.0. The van der Waals surface area contributed by atoms with Crippen LogP contribution in [0.25, 0.3) is 11.1 Å². The topological polar surface area (TPSA) is 40.5 Å². The molecule has 0 heterocycles. The van der Waals surface area contributed by atoms with Crippen LogP contribution in [0, 0.1) is 0 Å². The molecule has 0 radical (unpaired) electrons. The first-order valence-corrected chi connectivity index (χ1v) is 11.0. The summed E-state index contributed by atoms with van der Waals surface area (Å²) in [6, 6.07) is 32.0. The SMILES string of the molecule is CC(C)(c1ccccc1)c1cc(-c2ccc(O)c(C(C)(C)c3ccccc3)c2)ccc1O. The molecule has 0 amide bonds. The van der Waals surface area contributed by atoms with Crippen LogP contribution < -0.4 is 0 Å². The van der Waals surface area contributed by atoms with Crippen LogP contribution in [-0.2, 0) is 10.8 Å². The van der Waals surface area contributed by atoms with E-state index in [0.717, 1.165) is 33.4 Å². The number of rotatable bonds is 5. The minimum absolute atomic E-state index is 0.284. The van der Waals surface area contributed by atoms with E-state index < -0.39 is 0 Å². The Bertz CT molecular complexity index is 1120. The molecule has 4 rings (SSSR count). The molecule has 0 spiro atoms. The quantitative estimate of drug-likeness (QED) is 0.351. The maximum Gasteiger partial charge on any atom is 0.119 e. The van der Waals surface area contributed by atoms with Crippen molar-refractivity contribution in [3.8, 4) is 22.6 Å². The highest BCUT2D eigenvalue weighted by molar-refractivity contribution is 5.69. The summed E-state index contributed by atoms with van der Waals surface area (Å²) in [6.45, 7) is 8.51. The second-order valence-electron chi connectivity index (χ2n) is 9.45. The van der Waals surface area contributed by atoms with Crippen LogP contribution in [0.5, 0.6) is 11.5 Å². The average Bonchev–Trinajstić information content (AvgIpc) is 2.81. The van der Waals surface area contributed by atoms with Gasteiger partial charge in [0.25, 0.3) is 0 Å². The fraction of sp³-hybridized carbons (Fsp3) is 0.200. The van der Waals surface area contributed by atoms with E-state index in [0.29, 0.717) is 0 Å². The van der Waals surface area contributed by atoms with Crippen LogP contribution in [0.1, 0.15) is 49.9 Å². The molecule has 0 bridgehead atoms. The Morgan fingerprint density at radius 2 is 0.812 bits per heavy atom. The third kappa shape index (κ3) is 3.89. The lowest BCUT2D eigenvalue weighted by molar-refractivity contribution is 0.452. The van der Waals surface area contributed by atoms with Gasteiger partial charge in [0.05, 0.1) is 0 Å². The smallest absolute Gasteiger partial charge is 0.119 e. The number of phenols is 2. The van der Waals surface area contributed by atoms with Crippen LogP contribution >= 0.6 is 0 Å². The monoisotopic (exact) mass is 422 g/mol. The van der Waals surface area contributed by atoms with Crippen molar-refractivity contribution in [3.05, 3.63) is 119 Å². The van der Waals surface area contributed by atoms with Gasteiger partial charge in [0.2, 0.25) is 0 Å². The van der Waals surface area contributed by atoms with Crippen LogP contribution in [0.2, 0.25) is 0 Å². The van der Waals surface area contributed by atoms with Gasteiger partial charge in [-0.1, -0.05) is 100 Å². The standard InChI is InChI=1S/C30H30O2/c1-29(2,23-11-7-5-8-12-23)25-19-21(15-17-27(25)31)22-16-18-28(32)26(20-22)30(3,4)24-13-9-6-10-14-24/h5-20,31-32H,1-4H3. The van der Waals surface area contributed by atoms with E-state index in [9.17, 15) is 10.2 Å². The van der Waals surface area contributed by atoms with E-state index >= 15 is 0 Å². The van der Waals surface area contributed by atoms with Crippen LogP contribution in [-0.4, -0.2) is 10.2 Å². The first-order chi connectivity index (χ1) is 15.2. The van der Waals surface area contributed by atoms with Gasteiger partial charge >= 0.3 is 0 Å². The molecule has 0 fully saturated rings. The summed E-state index contributed by atoms with van der Waals surface area (Å²) in [4.78, 5) is 0. The van der Waals surface area contributed by atoms with Crippen molar-refractivity contribution in [2.24, 2.45) is 0 Å². The third-order valence-electron chi connectivity index (χ3n) is 6.66. The van der Waals surface area contributed by atoms with Gasteiger partial charge < -0.3 is 10.2 Å². The van der Waals surface area contributed by atoms with Gasteiger partial charge in [0.1, 0.15) is 11.5 Å². The zero-order chi connectivity index (χ0) is 22.9. The fourth-order valence-electron chi connectivity index (χ4n) is 4.45. The molecule has 2 nitrogen and oxygen atoms in total. The van der Waals surface area contributed by atoms with Crippen molar-refractivity contribution in [3.63, 3.8) is 0 Å². The van der Waals surface area contributed by atoms with Crippen molar-refractivity contribution >= 4 is 0 Å². The summed E-state index contributed by atoms with van der Waals surface area (Å²) in [7, 11) is 0. The lowest BCUT2D eigenvalue weighted by atomic mass is 9.75. The summed E-state index contributed by atoms with van der Waals surface area (Å²) < 4.78 is 0. The third-order valence-corrected chi connectivity index (χ3v) is 6.66. The van der Waals surface area contributed by atoms with E-state index in [-0.39, 0.29) is 22.3 Å². The van der Waals surface area contributed by atoms with Gasteiger partial charge in [0, 0.05) is 22.0 Å². The van der Waals surface area contributed by atoms with Crippen LogP contribution in [0.4, 0.5) is 0 Å². The summed E-state index contributed by atoms with van der Waals surface area (Å²) in [5.41, 5.74) is 5.33. The average molecular weight is 423 g/mol. The van der Waals surface area contributed by atoms with Gasteiger partial charge in [-0.05, 0) is 46.5 Å². The maximum absolute atomic E-state index is 10.7. The van der Waals surface area contributed by atoms with E-state index in [4.69, 9.17) is 0 Å². The summed E-state index contributed by atoms with van der Waals surface area (Å²) in [5, 5.41) is 21.4. The minimum atomic E-state index is -0.357. The molecule has 0 aliphatic carbocycles. The predicted molar refractivity (Wildman–Crippen MR) is 132 cm³/mol. The molecule has 0 atom stereocenters. The molecular weight excluding hydrogens is 392 g/mol. The van der Waals surface area contributed by atoms with Gasteiger partial charge in [0.15, 0.2) is 0 Å². The molecule has 0 saturated carbocycles. The molecule has 0 saturated heterocycles. The van der Waals surface area contributed by atoms with Crippen molar-refractivity contribution in [2.75, 3.05) is 0 Å². The minimum Gasteiger partial charge on any atom is -0.508 e. The molecule has 0 aromatic heterocycles. The van der Waals surface area contributed by atoms with E-state index in [1.54, 1.807) is 12.1 Å². The van der Waals surface area contributed by atoms with E-state index in [2.05, 4.69) is 64.1 Å². The highest BCUT2D eigenvalue weighted by atomic mass is 16.3. The van der Waals surface area contributed by atoms with Gasteiger partial charge in [-0.3, -0.25) is 0 Å². The number of benzene rings is 4. The molecule has 4 aromatic rings. The van der Waals surface area contributed by atoms with E-state index in [1.165, 1.54) is 0 Å². The Balaban J connectivity index is 1.81. The van der Waals surface area contributed by atoms with Gasteiger partial charge in [-0.25, -0.2) is 0 Å². The second-order valence-corrected chi connectivity index (χ2v) is 9.45. The largest absolute Gasteiger partial charge is 0.508 e. The fourth-order valence-corrected chi connectivity index (χ4v) is 4.45. The second kappa shape index (κ2) is 8.20. The number of hydrogen-bond acceptors (Lipinski definition) is 2. The maximum atomic E-state index is 10.7. The summed E-state index contributed by atoms with van der Waals surface area (Å²) in [5.74, 6) is 0.567. The van der Waals surface area contributed by atoms with Crippen molar-refractivity contribution < 1.29 is 10.2 Å². The van der Waals surface area contributed by atoms with Crippen LogP contribution in [0.3, 0.4) is 0 Å². The highest BCUT2D eigenvalue weighted by Gasteiger charge is 2.28.